The Morgan fingerprint density at radius 1 is 0.867 bits per heavy atom. The van der Waals surface area contributed by atoms with E-state index in [2.05, 4.69) is 119 Å². The second-order valence-electron chi connectivity index (χ2n) is 17.8. The molecule has 0 aromatic heterocycles. The van der Waals surface area contributed by atoms with Gasteiger partial charge in [0.15, 0.2) is 12.3 Å². The van der Waals surface area contributed by atoms with Crippen molar-refractivity contribution in [3.63, 3.8) is 0 Å². The van der Waals surface area contributed by atoms with Crippen LogP contribution in [-0.2, 0) is 32.2 Å². The quantitative estimate of drug-likeness (QED) is 0.0787. The number of hydrogen-bond acceptors (Lipinski definition) is 6. The molecule has 0 amide bonds. The second kappa shape index (κ2) is 18.8. The van der Waals surface area contributed by atoms with Crippen LogP contribution in [0.5, 0.6) is 5.75 Å². The Morgan fingerprint density at radius 3 is 2.25 bits per heavy atom. The van der Waals surface area contributed by atoms with Gasteiger partial charge in [-0.15, -0.1) is 0 Å². The lowest BCUT2D eigenvalue weighted by atomic mass is 9.81. The van der Waals surface area contributed by atoms with Crippen LogP contribution in [0.2, 0.25) is 0 Å². The number of aryl methyl sites for hydroxylation is 1. The topological polar surface area (TPSA) is 110 Å². The van der Waals surface area contributed by atoms with Crippen LogP contribution in [0.4, 0.5) is 5.69 Å². The first-order valence-electron chi connectivity index (χ1n) is 21.1. The fourth-order valence-electron chi connectivity index (χ4n) is 8.83. The molecule has 320 valence electrons. The molecule has 6 rings (SSSR count). The van der Waals surface area contributed by atoms with Gasteiger partial charge in [0, 0.05) is 42.5 Å². The van der Waals surface area contributed by atoms with Crippen molar-refractivity contribution in [2.24, 2.45) is 0 Å². The van der Waals surface area contributed by atoms with Gasteiger partial charge in [0.25, 0.3) is 10.1 Å². The van der Waals surface area contributed by atoms with Crippen molar-refractivity contribution in [3.05, 3.63) is 130 Å². The molecule has 9 nitrogen and oxygen atoms in total. The summed E-state index contributed by atoms with van der Waals surface area (Å²) < 4.78 is 43.9. The van der Waals surface area contributed by atoms with E-state index in [9.17, 15) is 22.9 Å². The summed E-state index contributed by atoms with van der Waals surface area (Å²) in [5, 5.41) is 11.7. The van der Waals surface area contributed by atoms with Crippen molar-refractivity contribution in [1.82, 2.24) is 9.80 Å². The van der Waals surface area contributed by atoms with Crippen molar-refractivity contribution < 1.29 is 32.2 Å². The van der Waals surface area contributed by atoms with Gasteiger partial charge < -0.3 is 19.6 Å². The zero-order valence-corrected chi connectivity index (χ0v) is 38.4. The molecule has 2 heterocycles. The number of nitrogens with zero attached hydrogens (tertiary/aromatic N) is 3. The Morgan fingerprint density at radius 2 is 1.57 bits per heavy atom. The van der Waals surface area contributed by atoms with Crippen LogP contribution in [0.1, 0.15) is 82.9 Å². The summed E-state index contributed by atoms with van der Waals surface area (Å²) in [5.74, 6) is 0.707. The number of para-hydroxylation sites is 1. The van der Waals surface area contributed by atoms with Crippen molar-refractivity contribution in [2.75, 3.05) is 54.0 Å². The predicted octanol–water partition coefficient (Wildman–Crippen LogP) is 9.21. The van der Waals surface area contributed by atoms with E-state index in [1.54, 1.807) is 12.1 Å². The molecule has 0 saturated carbocycles. The SMILES string of the molecule is CN(C)CCC[N+]1=C(C=CC2=C(Oc3ccc(CCC(=O)O)cc3)C(=CC=C3P(CCCN(C)C)c4ccc(S(=O)(=O)O)cc4C3(C)C)CCC2)C(C)(C)c2ccccc21. The number of carbonyl (C=O) groups is 1. The number of ether oxygens (including phenoxy) is 1. The maximum Gasteiger partial charge on any atom is 0.303 e. The average Bonchev–Trinajstić information content (AvgIpc) is 3.53. The summed E-state index contributed by atoms with van der Waals surface area (Å²) in [5.41, 5.74) is 7.30. The number of allylic oxidation sites excluding steroid dienone is 7. The van der Waals surface area contributed by atoms with Gasteiger partial charge in [-0.3, -0.25) is 9.35 Å². The molecule has 1 atom stereocenters. The van der Waals surface area contributed by atoms with E-state index in [1.807, 2.05) is 30.3 Å². The highest BCUT2D eigenvalue weighted by Crippen LogP contribution is 2.60. The third kappa shape index (κ3) is 10.3. The lowest BCUT2D eigenvalue weighted by molar-refractivity contribution is -0.438. The first kappa shape index (κ1) is 45.3. The van der Waals surface area contributed by atoms with Crippen LogP contribution in [0.3, 0.4) is 0 Å². The van der Waals surface area contributed by atoms with Crippen LogP contribution in [0, 0.1) is 0 Å². The Hall–Kier alpha value is -4.18. The first-order chi connectivity index (χ1) is 28.4. The normalized spacial score (nSPS) is 19.9. The minimum absolute atomic E-state index is 0.0715. The summed E-state index contributed by atoms with van der Waals surface area (Å²) in [6, 6.07) is 21.6. The smallest absolute Gasteiger partial charge is 0.303 e. The maximum atomic E-state index is 12.3. The van der Waals surface area contributed by atoms with Crippen molar-refractivity contribution in [3.8, 4) is 5.75 Å². The molecule has 1 unspecified atom stereocenters. The predicted molar refractivity (Wildman–Crippen MR) is 246 cm³/mol. The van der Waals surface area contributed by atoms with Gasteiger partial charge in [-0.1, -0.05) is 62.4 Å². The number of carboxylic acid groups (broad SMARTS) is 1. The van der Waals surface area contributed by atoms with Gasteiger partial charge >= 0.3 is 5.97 Å². The van der Waals surface area contributed by atoms with Crippen LogP contribution >= 0.6 is 7.92 Å². The van der Waals surface area contributed by atoms with Crippen molar-refractivity contribution >= 4 is 40.7 Å². The lowest BCUT2D eigenvalue weighted by Crippen LogP contribution is -2.28. The number of carboxylic acids is 1. The summed E-state index contributed by atoms with van der Waals surface area (Å²) >= 11 is 0. The largest absolute Gasteiger partial charge is 0.481 e. The summed E-state index contributed by atoms with van der Waals surface area (Å²) in [6.45, 7) is 11.8. The highest BCUT2D eigenvalue weighted by atomic mass is 32.2. The Labute approximate surface area is 359 Å². The third-order valence-electron chi connectivity index (χ3n) is 12.1. The fraction of sp³-hybridized carbons (Fsp3) is 0.429. The number of rotatable bonds is 17. The molecule has 11 heteroatoms. The number of aliphatic carboxylic acids is 1. The highest BCUT2D eigenvalue weighted by molar-refractivity contribution is 7.85. The van der Waals surface area contributed by atoms with E-state index in [1.165, 1.54) is 27.6 Å². The van der Waals surface area contributed by atoms with Gasteiger partial charge in [-0.2, -0.15) is 13.0 Å². The lowest BCUT2D eigenvalue weighted by Gasteiger charge is -2.25. The van der Waals surface area contributed by atoms with Gasteiger partial charge in [0.05, 0.1) is 10.3 Å². The first-order valence-corrected chi connectivity index (χ1v) is 24.1. The molecule has 1 aliphatic carbocycles. The highest BCUT2D eigenvalue weighted by Gasteiger charge is 2.44. The molecular weight excluding hydrogens is 790 g/mol. The second-order valence-corrected chi connectivity index (χ2v) is 21.5. The van der Waals surface area contributed by atoms with Gasteiger partial charge in [-0.25, -0.2) is 0 Å². The van der Waals surface area contributed by atoms with E-state index in [0.717, 1.165) is 85.9 Å². The van der Waals surface area contributed by atoms with E-state index in [-0.39, 0.29) is 16.7 Å². The Bertz CT molecular complexity index is 2350. The van der Waals surface area contributed by atoms with Gasteiger partial charge in [0.2, 0.25) is 5.69 Å². The van der Waals surface area contributed by atoms with E-state index >= 15 is 0 Å². The van der Waals surface area contributed by atoms with Crippen LogP contribution < -0.4 is 10.0 Å². The third-order valence-corrected chi connectivity index (χ3v) is 15.9. The minimum atomic E-state index is -4.36. The molecule has 2 aliphatic heterocycles. The molecule has 3 aliphatic rings. The molecule has 3 aromatic rings. The number of hydrogen-bond donors (Lipinski definition) is 2. The van der Waals surface area contributed by atoms with E-state index in [0.29, 0.717) is 12.2 Å². The van der Waals surface area contributed by atoms with Gasteiger partial charge in [0.1, 0.15) is 11.5 Å². The minimum Gasteiger partial charge on any atom is -0.481 e. The molecule has 0 spiro atoms. The molecule has 0 bridgehead atoms. The molecule has 0 saturated heterocycles. The van der Waals surface area contributed by atoms with Crippen LogP contribution in [0.25, 0.3) is 0 Å². The van der Waals surface area contributed by atoms with Gasteiger partial charge in [-0.05, 0) is 158 Å². The van der Waals surface area contributed by atoms with E-state index < -0.39 is 29.4 Å². The number of fused-ring (bicyclic) bond motifs is 2. The molecule has 2 N–H and O–H groups in total. The summed E-state index contributed by atoms with van der Waals surface area (Å²) in [4.78, 5) is 15.6. The zero-order valence-electron chi connectivity index (χ0n) is 36.7. The molecule has 60 heavy (non-hydrogen) atoms. The van der Waals surface area contributed by atoms with E-state index in [4.69, 9.17) is 4.74 Å². The number of benzene rings is 3. The Balaban J connectivity index is 1.45. The summed E-state index contributed by atoms with van der Waals surface area (Å²) in [6.07, 6.45) is 15.2. The van der Waals surface area contributed by atoms with Crippen LogP contribution in [0.15, 0.2) is 118 Å². The van der Waals surface area contributed by atoms with Crippen LogP contribution in [-0.4, -0.2) is 98.1 Å². The molecular formula is C49H63N3O6PS+. The monoisotopic (exact) mass is 852 g/mol. The zero-order chi connectivity index (χ0) is 43.4. The fourth-order valence-corrected chi connectivity index (χ4v) is 12.5. The van der Waals surface area contributed by atoms with Crippen molar-refractivity contribution in [2.45, 2.75) is 88.4 Å². The van der Waals surface area contributed by atoms with Crippen molar-refractivity contribution in [1.29, 1.82) is 0 Å². The molecule has 3 aromatic carbocycles. The molecule has 0 radical (unpaired) electrons. The Kier molecular flexibility index (Phi) is 14.2. The maximum absolute atomic E-state index is 12.3. The average molecular weight is 853 g/mol. The standard InChI is InChI=1S/C49H62N3O6PS/c1-48(2)40-16-9-10-17-42(40)52(32-12-30-50(5)6)44(48)27-21-36-14-11-15-37(47(36)58-38-23-18-35(19-24-38)20-29-46(53)54)22-28-45-49(3,4)41-34-39(60(55,56)57)25-26-43(41)59(45)33-13-31-51(7)8/h9-10,16-19,21-28,34H,11-15,20,29-33H2,1-8H3,(H-,53,54,55,56,57)/p+1. The summed E-state index contributed by atoms with van der Waals surface area (Å²) in [7, 11) is 3.27. The molecule has 0 fully saturated rings.